The van der Waals surface area contributed by atoms with Gasteiger partial charge in [0, 0.05) is 41.0 Å². The SMILES string of the molecule is COc1nccc(I)c1CN1CCC(NC(=O)OC(C)(C)C)CC1. The average Bonchev–Trinajstić information content (AvgIpc) is 2.49. The number of carbonyl (C=O) groups excluding carboxylic acids is 1. The average molecular weight is 447 g/mol. The number of rotatable bonds is 4. The van der Waals surface area contributed by atoms with Gasteiger partial charge in [-0.3, -0.25) is 4.90 Å². The molecule has 1 aliphatic rings. The number of piperidine rings is 1. The van der Waals surface area contributed by atoms with Crippen LogP contribution >= 0.6 is 22.6 Å². The van der Waals surface area contributed by atoms with E-state index < -0.39 is 5.60 Å². The Hall–Kier alpha value is -1.09. The molecule has 0 atom stereocenters. The molecule has 1 saturated heterocycles. The second-order valence-corrected chi connectivity index (χ2v) is 8.14. The van der Waals surface area contributed by atoms with E-state index >= 15 is 0 Å². The van der Waals surface area contributed by atoms with Crippen LogP contribution in [0.3, 0.4) is 0 Å². The highest BCUT2D eigenvalue weighted by Gasteiger charge is 2.24. The molecule has 0 aliphatic carbocycles. The van der Waals surface area contributed by atoms with Gasteiger partial charge in [-0.05, 0) is 62.3 Å². The van der Waals surface area contributed by atoms with E-state index in [0.29, 0.717) is 5.88 Å². The third-order valence-electron chi connectivity index (χ3n) is 3.84. The van der Waals surface area contributed by atoms with Crippen molar-refractivity contribution in [2.24, 2.45) is 0 Å². The highest BCUT2D eigenvalue weighted by molar-refractivity contribution is 14.1. The summed E-state index contributed by atoms with van der Waals surface area (Å²) < 4.78 is 11.9. The van der Waals surface area contributed by atoms with Gasteiger partial charge in [0.15, 0.2) is 0 Å². The number of hydrogen-bond donors (Lipinski definition) is 1. The molecule has 0 radical (unpaired) electrons. The van der Waals surface area contributed by atoms with Crippen LogP contribution in [0.1, 0.15) is 39.2 Å². The molecule has 7 heteroatoms. The third-order valence-corrected chi connectivity index (χ3v) is 4.85. The van der Waals surface area contributed by atoms with Crippen molar-refractivity contribution >= 4 is 28.7 Å². The zero-order valence-electron chi connectivity index (χ0n) is 14.8. The molecule has 0 saturated carbocycles. The lowest BCUT2D eigenvalue weighted by molar-refractivity contribution is 0.0477. The summed E-state index contributed by atoms with van der Waals surface area (Å²) in [5, 5.41) is 2.97. The number of nitrogens with one attached hydrogen (secondary N) is 1. The van der Waals surface area contributed by atoms with Crippen LogP contribution < -0.4 is 10.1 Å². The lowest BCUT2D eigenvalue weighted by Gasteiger charge is -2.33. The molecule has 2 heterocycles. The third kappa shape index (κ3) is 5.77. The number of likely N-dealkylation sites (tertiary alicyclic amines) is 1. The molecule has 0 unspecified atom stereocenters. The van der Waals surface area contributed by atoms with Crippen molar-refractivity contribution in [1.82, 2.24) is 15.2 Å². The number of hydrogen-bond acceptors (Lipinski definition) is 5. The first-order chi connectivity index (χ1) is 11.3. The first-order valence-corrected chi connectivity index (χ1v) is 9.25. The van der Waals surface area contributed by atoms with Crippen molar-refractivity contribution < 1.29 is 14.3 Å². The summed E-state index contributed by atoms with van der Waals surface area (Å²) in [6, 6.07) is 2.17. The summed E-state index contributed by atoms with van der Waals surface area (Å²) in [5.41, 5.74) is 0.664. The summed E-state index contributed by atoms with van der Waals surface area (Å²) >= 11 is 2.32. The van der Waals surface area contributed by atoms with Gasteiger partial charge in [-0.25, -0.2) is 9.78 Å². The first-order valence-electron chi connectivity index (χ1n) is 8.17. The Morgan fingerprint density at radius 3 is 2.67 bits per heavy atom. The molecule has 2 rings (SSSR count). The Kier molecular flexibility index (Phi) is 6.68. The van der Waals surface area contributed by atoms with Crippen LogP contribution in [0.2, 0.25) is 0 Å². The van der Waals surface area contributed by atoms with Crippen LogP contribution in [0.4, 0.5) is 4.79 Å². The van der Waals surface area contributed by atoms with Gasteiger partial charge in [0.25, 0.3) is 0 Å². The highest BCUT2D eigenvalue weighted by atomic mass is 127. The van der Waals surface area contributed by atoms with Gasteiger partial charge >= 0.3 is 6.09 Å². The highest BCUT2D eigenvalue weighted by Crippen LogP contribution is 2.24. The van der Waals surface area contributed by atoms with Crippen LogP contribution in [-0.2, 0) is 11.3 Å². The number of ether oxygens (including phenoxy) is 2. The molecule has 1 fully saturated rings. The molecule has 1 aliphatic heterocycles. The minimum Gasteiger partial charge on any atom is -0.481 e. The minimum absolute atomic E-state index is 0.172. The molecule has 24 heavy (non-hydrogen) atoms. The van der Waals surface area contributed by atoms with E-state index in [-0.39, 0.29) is 12.1 Å². The lowest BCUT2D eigenvalue weighted by atomic mass is 10.0. The molecule has 0 bridgehead atoms. The summed E-state index contributed by atoms with van der Waals surface area (Å²) in [4.78, 5) is 18.5. The fraction of sp³-hybridized carbons (Fsp3) is 0.647. The maximum Gasteiger partial charge on any atom is 0.407 e. The molecule has 1 amide bonds. The fourth-order valence-corrected chi connectivity index (χ4v) is 3.27. The summed E-state index contributed by atoms with van der Waals surface area (Å²) in [6.45, 7) is 8.28. The number of pyridine rings is 1. The van der Waals surface area contributed by atoms with Gasteiger partial charge in [-0.1, -0.05) is 0 Å². The van der Waals surface area contributed by atoms with Crippen molar-refractivity contribution in [3.05, 3.63) is 21.4 Å². The molecule has 134 valence electrons. The zero-order valence-corrected chi connectivity index (χ0v) is 16.9. The molecule has 1 aromatic rings. The number of nitrogens with zero attached hydrogens (tertiary/aromatic N) is 2. The summed E-state index contributed by atoms with van der Waals surface area (Å²) in [5.74, 6) is 0.691. The van der Waals surface area contributed by atoms with Crippen molar-refractivity contribution in [3.63, 3.8) is 0 Å². The van der Waals surface area contributed by atoms with Gasteiger partial charge in [0.2, 0.25) is 5.88 Å². The van der Waals surface area contributed by atoms with Gasteiger partial charge in [-0.2, -0.15) is 0 Å². The second kappa shape index (κ2) is 8.33. The van der Waals surface area contributed by atoms with E-state index in [0.717, 1.165) is 41.6 Å². The van der Waals surface area contributed by atoms with E-state index in [9.17, 15) is 4.79 Å². The quantitative estimate of drug-likeness (QED) is 0.719. The van der Waals surface area contributed by atoms with Crippen molar-refractivity contribution in [2.45, 2.75) is 51.8 Å². The Morgan fingerprint density at radius 2 is 2.08 bits per heavy atom. The normalized spacial score (nSPS) is 16.7. The number of alkyl carbamates (subject to hydrolysis) is 1. The topological polar surface area (TPSA) is 63.7 Å². The molecule has 6 nitrogen and oxygen atoms in total. The van der Waals surface area contributed by atoms with E-state index in [1.165, 1.54) is 0 Å². The largest absolute Gasteiger partial charge is 0.481 e. The molecule has 1 aromatic heterocycles. The molecular weight excluding hydrogens is 421 g/mol. The fourth-order valence-electron chi connectivity index (χ4n) is 2.70. The smallest absolute Gasteiger partial charge is 0.407 e. The van der Waals surface area contributed by atoms with Gasteiger partial charge in [0.1, 0.15) is 5.60 Å². The number of aromatic nitrogens is 1. The number of halogens is 1. The maximum absolute atomic E-state index is 11.9. The standard InChI is InChI=1S/C17H26IN3O3/c1-17(2,3)24-16(22)20-12-6-9-21(10-7-12)11-13-14(18)5-8-19-15(13)23-4/h5,8,12H,6-7,9-11H2,1-4H3,(H,20,22). The monoisotopic (exact) mass is 447 g/mol. The molecule has 0 spiro atoms. The van der Waals surface area contributed by atoms with Crippen LogP contribution in [0.25, 0.3) is 0 Å². The van der Waals surface area contributed by atoms with Crippen LogP contribution in [-0.4, -0.2) is 47.8 Å². The van der Waals surface area contributed by atoms with Gasteiger partial charge in [-0.15, -0.1) is 0 Å². The molecule has 1 N–H and O–H groups in total. The number of amides is 1. The van der Waals surface area contributed by atoms with Crippen LogP contribution in [0.5, 0.6) is 5.88 Å². The van der Waals surface area contributed by atoms with Crippen molar-refractivity contribution in [3.8, 4) is 5.88 Å². The van der Waals surface area contributed by atoms with Crippen molar-refractivity contribution in [1.29, 1.82) is 0 Å². The Morgan fingerprint density at radius 1 is 1.42 bits per heavy atom. The second-order valence-electron chi connectivity index (χ2n) is 6.98. The Bertz CT molecular complexity index is 567. The van der Waals surface area contributed by atoms with E-state index in [1.807, 2.05) is 26.8 Å². The maximum atomic E-state index is 11.9. The summed E-state index contributed by atoms with van der Waals surface area (Å²) in [7, 11) is 1.65. The van der Waals surface area contributed by atoms with Crippen molar-refractivity contribution in [2.75, 3.05) is 20.2 Å². The minimum atomic E-state index is -0.460. The Labute approximate surface area is 157 Å². The molecular formula is C17H26IN3O3. The molecule has 0 aromatic carbocycles. The van der Waals surface area contributed by atoms with Crippen LogP contribution in [0, 0.1) is 3.57 Å². The summed E-state index contributed by atoms with van der Waals surface area (Å²) in [6.07, 6.45) is 3.27. The van der Waals surface area contributed by atoms with Gasteiger partial charge < -0.3 is 14.8 Å². The van der Waals surface area contributed by atoms with E-state index in [1.54, 1.807) is 13.3 Å². The number of methoxy groups -OCH3 is 1. The predicted octanol–water partition coefficient (Wildman–Crippen LogP) is 3.18. The van der Waals surface area contributed by atoms with Crippen LogP contribution in [0.15, 0.2) is 12.3 Å². The van der Waals surface area contributed by atoms with Gasteiger partial charge in [0.05, 0.1) is 7.11 Å². The first kappa shape index (κ1) is 19.2. The lowest BCUT2D eigenvalue weighted by Crippen LogP contribution is -2.45. The predicted molar refractivity (Wildman–Crippen MR) is 101 cm³/mol. The van der Waals surface area contributed by atoms with E-state index in [4.69, 9.17) is 9.47 Å². The number of carbonyl (C=O) groups is 1. The Balaban J connectivity index is 1.84. The van der Waals surface area contributed by atoms with E-state index in [2.05, 4.69) is 37.8 Å². The zero-order chi connectivity index (χ0) is 17.7.